The standard InChI is InChI=1S/C29H26FN5O4S/c1-39-21-12-10-20(11-13-21)32-26(37)17-40-29-34-23-5-3-2-4-22(23)27-33-24(28(38)35(27)29)14-15-25(36)31-16-18-6-8-19(30)9-7-18/h2-13,24H,14-17H2,1H3,(H,31,36)(H,32,37). The summed E-state index contributed by atoms with van der Waals surface area (Å²) in [6.45, 7) is 0.262. The molecule has 3 aromatic carbocycles. The Labute approximate surface area is 234 Å². The highest BCUT2D eigenvalue weighted by atomic mass is 32.2. The van der Waals surface area contributed by atoms with Gasteiger partial charge in [0.05, 0.1) is 18.6 Å². The van der Waals surface area contributed by atoms with Crippen LogP contribution < -0.4 is 15.4 Å². The zero-order chi connectivity index (χ0) is 28.1. The van der Waals surface area contributed by atoms with Crippen LogP contribution in [0.2, 0.25) is 0 Å². The Bertz CT molecular complexity index is 1490. The number of carbonyl (C=O) groups is 3. The molecule has 9 nitrogen and oxygen atoms in total. The smallest absolute Gasteiger partial charge is 0.259 e. The number of nitrogens with zero attached hydrogens (tertiary/aromatic N) is 3. The van der Waals surface area contributed by atoms with E-state index in [1.165, 1.54) is 17.0 Å². The van der Waals surface area contributed by atoms with Gasteiger partial charge in [0, 0.05) is 24.2 Å². The van der Waals surface area contributed by atoms with Gasteiger partial charge in [-0.25, -0.2) is 14.3 Å². The largest absolute Gasteiger partial charge is 0.497 e. The predicted molar refractivity (Wildman–Crippen MR) is 152 cm³/mol. The fourth-order valence-corrected chi connectivity index (χ4v) is 5.05. The lowest BCUT2D eigenvalue weighted by Crippen LogP contribution is -2.41. The van der Waals surface area contributed by atoms with E-state index in [0.29, 0.717) is 33.7 Å². The molecule has 2 aliphatic heterocycles. The number of benzene rings is 3. The van der Waals surface area contributed by atoms with Gasteiger partial charge in [0.15, 0.2) is 5.17 Å². The van der Waals surface area contributed by atoms with Crippen molar-refractivity contribution in [2.75, 3.05) is 18.2 Å². The first-order chi connectivity index (χ1) is 19.4. The summed E-state index contributed by atoms with van der Waals surface area (Å²) in [6.07, 6.45) is 0.305. The number of anilines is 1. The van der Waals surface area contributed by atoms with Crippen LogP contribution in [-0.4, -0.2) is 52.5 Å². The molecule has 1 unspecified atom stereocenters. The number of nitrogens with one attached hydrogen (secondary N) is 2. The van der Waals surface area contributed by atoms with Crippen molar-refractivity contribution in [1.82, 2.24) is 10.2 Å². The maximum atomic E-state index is 13.4. The van der Waals surface area contributed by atoms with Crippen molar-refractivity contribution in [1.29, 1.82) is 0 Å². The third-order valence-electron chi connectivity index (χ3n) is 6.30. The number of thioether (sulfide) groups is 1. The van der Waals surface area contributed by atoms with Crippen molar-refractivity contribution >= 4 is 51.9 Å². The normalized spacial score (nSPS) is 15.5. The molecule has 0 aromatic heterocycles. The lowest BCUT2D eigenvalue weighted by atomic mass is 10.1. The average molecular weight is 560 g/mol. The molecule has 3 aromatic rings. The van der Waals surface area contributed by atoms with Crippen molar-refractivity contribution in [2.45, 2.75) is 25.4 Å². The number of methoxy groups -OCH3 is 1. The van der Waals surface area contributed by atoms with Crippen LogP contribution in [0.15, 0.2) is 82.8 Å². The first-order valence-electron chi connectivity index (χ1n) is 12.6. The third kappa shape index (κ3) is 6.20. The monoisotopic (exact) mass is 559 g/mol. The molecule has 0 bridgehead atoms. The highest BCUT2D eigenvalue weighted by Gasteiger charge is 2.41. The molecule has 11 heteroatoms. The molecule has 0 radical (unpaired) electrons. The van der Waals surface area contributed by atoms with E-state index in [1.54, 1.807) is 43.5 Å². The average Bonchev–Trinajstić information content (AvgIpc) is 3.31. The van der Waals surface area contributed by atoms with Gasteiger partial charge in [0.1, 0.15) is 23.4 Å². The molecule has 0 saturated heterocycles. The number of amides is 3. The number of hydrogen-bond acceptors (Lipinski definition) is 7. The second-order valence-corrected chi connectivity index (χ2v) is 10.0. The minimum Gasteiger partial charge on any atom is -0.497 e. The molecular formula is C29H26FN5O4S. The van der Waals surface area contributed by atoms with E-state index < -0.39 is 6.04 Å². The number of carbonyl (C=O) groups excluding carboxylic acids is 3. The van der Waals surface area contributed by atoms with E-state index >= 15 is 0 Å². The second kappa shape index (κ2) is 12.1. The van der Waals surface area contributed by atoms with Gasteiger partial charge in [-0.05, 0) is 60.5 Å². The van der Waals surface area contributed by atoms with Gasteiger partial charge in [-0.3, -0.25) is 19.4 Å². The fraction of sp³-hybridized carbons (Fsp3) is 0.207. The minimum atomic E-state index is -0.753. The van der Waals surface area contributed by atoms with Crippen LogP contribution in [0.5, 0.6) is 5.75 Å². The van der Waals surface area contributed by atoms with Crippen LogP contribution in [0.1, 0.15) is 24.0 Å². The van der Waals surface area contributed by atoms with Gasteiger partial charge in [-0.1, -0.05) is 36.0 Å². The quantitative estimate of drug-likeness (QED) is 0.407. The minimum absolute atomic E-state index is 0.0283. The van der Waals surface area contributed by atoms with Gasteiger partial charge in [0.25, 0.3) is 5.91 Å². The molecule has 5 rings (SSSR count). The number of fused-ring (bicyclic) bond motifs is 3. The van der Waals surface area contributed by atoms with Gasteiger partial charge >= 0.3 is 0 Å². The molecule has 2 heterocycles. The predicted octanol–water partition coefficient (Wildman–Crippen LogP) is 4.26. The maximum Gasteiger partial charge on any atom is 0.259 e. The molecule has 0 fully saturated rings. The van der Waals surface area contributed by atoms with Gasteiger partial charge in [0.2, 0.25) is 11.8 Å². The first-order valence-corrected chi connectivity index (χ1v) is 13.6. The number of para-hydroxylation sites is 1. The van der Waals surface area contributed by atoms with Crippen LogP contribution in [-0.2, 0) is 20.9 Å². The number of amidine groups is 2. The molecule has 204 valence electrons. The van der Waals surface area contributed by atoms with Crippen molar-refractivity contribution < 1.29 is 23.5 Å². The zero-order valence-corrected chi connectivity index (χ0v) is 22.4. The molecule has 3 amide bonds. The van der Waals surface area contributed by atoms with Gasteiger partial charge < -0.3 is 15.4 Å². The van der Waals surface area contributed by atoms with E-state index in [9.17, 15) is 18.8 Å². The van der Waals surface area contributed by atoms with E-state index in [-0.39, 0.29) is 48.7 Å². The van der Waals surface area contributed by atoms with Crippen LogP contribution in [0.25, 0.3) is 0 Å². The molecular weight excluding hydrogens is 533 g/mol. The van der Waals surface area contributed by atoms with Crippen LogP contribution in [0, 0.1) is 5.82 Å². The van der Waals surface area contributed by atoms with Crippen molar-refractivity contribution in [2.24, 2.45) is 9.98 Å². The van der Waals surface area contributed by atoms with E-state index in [2.05, 4.69) is 20.6 Å². The highest BCUT2D eigenvalue weighted by molar-refractivity contribution is 8.14. The number of aliphatic imine (C=N–C) groups is 2. The summed E-state index contributed by atoms with van der Waals surface area (Å²) in [7, 11) is 1.57. The van der Waals surface area contributed by atoms with Crippen molar-refractivity contribution in [3.63, 3.8) is 0 Å². The second-order valence-electron chi connectivity index (χ2n) is 9.06. The number of ether oxygens (including phenoxy) is 1. The number of hydrogen-bond donors (Lipinski definition) is 2. The summed E-state index contributed by atoms with van der Waals surface area (Å²) in [5, 5.41) is 5.97. The molecule has 2 N–H and O–H groups in total. The Hall–Kier alpha value is -4.51. The molecule has 0 spiro atoms. The molecule has 0 aliphatic carbocycles. The summed E-state index contributed by atoms with van der Waals surface area (Å²) in [5.41, 5.74) is 2.77. The molecule has 40 heavy (non-hydrogen) atoms. The lowest BCUT2D eigenvalue weighted by molar-refractivity contribution is -0.125. The highest BCUT2D eigenvalue weighted by Crippen LogP contribution is 2.34. The van der Waals surface area contributed by atoms with Crippen molar-refractivity contribution in [3.8, 4) is 5.75 Å². The van der Waals surface area contributed by atoms with Crippen LogP contribution in [0.4, 0.5) is 15.8 Å². The van der Waals surface area contributed by atoms with Crippen molar-refractivity contribution in [3.05, 3.63) is 89.7 Å². The summed E-state index contributed by atoms with van der Waals surface area (Å²) in [6, 6.07) is 19.5. The van der Waals surface area contributed by atoms with Gasteiger partial charge in [-0.2, -0.15) is 0 Å². The summed E-state index contributed by atoms with van der Waals surface area (Å²) < 4.78 is 18.2. The Morgan fingerprint density at radius 1 is 1.02 bits per heavy atom. The third-order valence-corrected chi connectivity index (χ3v) is 7.24. The number of rotatable bonds is 9. The Morgan fingerprint density at radius 2 is 1.77 bits per heavy atom. The Morgan fingerprint density at radius 3 is 2.52 bits per heavy atom. The molecule has 1 atom stereocenters. The Kier molecular flexibility index (Phi) is 8.20. The van der Waals surface area contributed by atoms with Crippen LogP contribution >= 0.6 is 11.8 Å². The molecule has 2 aliphatic rings. The Balaban J connectivity index is 1.22. The SMILES string of the molecule is COc1ccc(NC(=O)CSC2=Nc3ccccc3C3=NC(CCC(=O)NCc4ccc(F)cc4)C(=O)N23)cc1. The number of halogens is 1. The summed E-state index contributed by atoms with van der Waals surface area (Å²) >= 11 is 1.14. The van der Waals surface area contributed by atoms with E-state index in [4.69, 9.17) is 4.74 Å². The van der Waals surface area contributed by atoms with Crippen LogP contribution in [0.3, 0.4) is 0 Å². The maximum absolute atomic E-state index is 13.4. The zero-order valence-electron chi connectivity index (χ0n) is 21.6. The topological polar surface area (TPSA) is 112 Å². The summed E-state index contributed by atoms with van der Waals surface area (Å²) in [5.74, 6) is 0.0497. The lowest BCUT2D eigenvalue weighted by Gasteiger charge is -2.25. The van der Waals surface area contributed by atoms with E-state index in [1.807, 2.05) is 24.3 Å². The van der Waals surface area contributed by atoms with E-state index in [0.717, 1.165) is 17.3 Å². The van der Waals surface area contributed by atoms with Gasteiger partial charge in [-0.15, -0.1) is 0 Å². The summed E-state index contributed by atoms with van der Waals surface area (Å²) in [4.78, 5) is 49.2. The molecule has 0 saturated carbocycles. The fourth-order valence-electron chi connectivity index (χ4n) is 4.25. The first kappa shape index (κ1) is 27.1.